The first-order valence-electron chi connectivity index (χ1n) is 8.04. The van der Waals surface area contributed by atoms with Crippen LogP contribution in [-0.2, 0) is 4.79 Å². The van der Waals surface area contributed by atoms with Gasteiger partial charge in [0, 0.05) is 29.9 Å². The van der Waals surface area contributed by atoms with Crippen molar-refractivity contribution in [3.05, 3.63) is 47.6 Å². The summed E-state index contributed by atoms with van der Waals surface area (Å²) in [4.78, 5) is 16.4. The number of hydrogen-bond acceptors (Lipinski definition) is 4. The van der Waals surface area contributed by atoms with Crippen LogP contribution in [0.25, 0.3) is 0 Å². The zero-order valence-corrected chi connectivity index (χ0v) is 16.7. The summed E-state index contributed by atoms with van der Waals surface area (Å²) in [6, 6.07) is 11.1. The van der Waals surface area contributed by atoms with Crippen molar-refractivity contribution in [1.82, 2.24) is 10.3 Å². The van der Waals surface area contributed by atoms with Crippen LogP contribution < -0.4 is 15.4 Å². The average Bonchev–Trinajstić information content (AvgIpc) is 2.59. The number of aromatic nitrogens is 1. The highest BCUT2D eigenvalue weighted by Crippen LogP contribution is 2.23. The molecule has 8 heteroatoms. The van der Waals surface area contributed by atoms with E-state index in [1.54, 1.807) is 24.3 Å². The number of nitrogens with zero attached hydrogens (tertiary/aromatic N) is 1. The predicted octanol–water partition coefficient (Wildman–Crippen LogP) is 4.70. The maximum Gasteiger partial charge on any atom is 0.227 e. The van der Waals surface area contributed by atoms with Gasteiger partial charge in [-0.05, 0) is 56.6 Å². The van der Waals surface area contributed by atoms with E-state index < -0.39 is 0 Å². The molecule has 1 fully saturated rings. The van der Waals surface area contributed by atoms with E-state index in [1.807, 2.05) is 12.1 Å². The Kier molecular flexibility index (Phi) is 9.16. The van der Waals surface area contributed by atoms with Crippen molar-refractivity contribution in [3.8, 4) is 11.6 Å². The zero-order valence-electron chi connectivity index (χ0n) is 14.3. The summed E-state index contributed by atoms with van der Waals surface area (Å²) < 4.78 is 5.63. The summed E-state index contributed by atoms with van der Waals surface area (Å²) >= 11 is 5.79. The van der Waals surface area contributed by atoms with Crippen LogP contribution in [0, 0.1) is 5.92 Å². The van der Waals surface area contributed by atoms with E-state index in [0.717, 1.165) is 25.1 Å². The van der Waals surface area contributed by atoms with Crippen molar-refractivity contribution in [2.45, 2.75) is 25.8 Å². The van der Waals surface area contributed by atoms with Crippen molar-refractivity contribution >= 4 is 48.0 Å². The SMILES string of the molecule is C[C@H]1C[C@@H](C(=O)Nc2ccc(Oc3ccc(Cl)cn3)cc2)CCN1.Cl.Cl. The third-order valence-corrected chi connectivity index (χ3v) is 4.26. The van der Waals surface area contributed by atoms with Gasteiger partial charge in [0.15, 0.2) is 0 Å². The van der Waals surface area contributed by atoms with Gasteiger partial charge in [-0.15, -0.1) is 24.8 Å². The highest BCUT2D eigenvalue weighted by atomic mass is 35.5. The summed E-state index contributed by atoms with van der Waals surface area (Å²) in [7, 11) is 0. The molecule has 1 aromatic carbocycles. The number of benzene rings is 1. The molecule has 2 atom stereocenters. The van der Waals surface area contributed by atoms with Crippen LogP contribution in [0.4, 0.5) is 5.69 Å². The zero-order chi connectivity index (χ0) is 16.9. The molecule has 0 spiro atoms. The molecule has 26 heavy (non-hydrogen) atoms. The molecule has 1 aliphatic heterocycles. The Morgan fingerprint density at radius 2 is 1.96 bits per heavy atom. The monoisotopic (exact) mass is 417 g/mol. The number of carbonyl (C=O) groups is 1. The Morgan fingerprint density at radius 1 is 1.23 bits per heavy atom. The van der Waals surface area contributed by atoms with Gasteiger partial charge in [-0.3, -0.25) is 4.79 Å². The van der Waals surface area contributed by atoms with Gasteiger partial charge in [-0.25, -0.2) is 4.98 Å². The second-order valence-electron chi connectivity index (χ2n) is 6.01. The fourth-order valence-electron chi connectivity index (χ4n) is 2.76. The summed E-state index contributed by atoms with van der Waals surface area (Å²) in [5, 5.41) is 6.89. The van der Waals surface area contributed by atoms with Crippen molar-refractivity contribution in [1.29, 1.82) is 0 Å². The van der Waals surface area contributed by atoms with Crippen LogP contribution in [0.5, 0.6) is 11.6 Å². The van der Waals surface area contributed by atoms with Crippen molar-refractivity contribution in [3.63, 3.8) is 0 Å². The molecular formula is C18H22Cl3N3O2. The molecule has 0 unspecified atom stereocenters. The molecule has 1 saturated heterocycles. The fourth-order valence-corrected chi connectivity index (χ4v) is 2.88. The lowest BCUT2D eigenvalue weighted by atomic mass is 9.92. The van der Waals surface area contributed by atoms with Gasteiger partial charge >= 0.3 is 0 Å². The van der Waals surface area contributed by atoms with Crippen molar-refractivity contribution < 1.29 is 9.53 Å². The van der Waals surface area contributed by atoms with Gasteiger partial charge in [0.2, 0.25) is 11.8 Å². The van der Waals surface area contributed by atoms with E-state index in [9.17, 15) is 4.79 Å². The molecule has 5 nitrogen and oxygen atoms in total. The molecule has 0 bridgehead atoms. The maximum absolute atomic E-state index is 12.3. The Balaban J connectivity index is 0.00000169. The highest BCUT2D eigenvalue weighted by molar-refractivity contribution is 6.30. The Hall–Kier alpha value is -1.53. The minimum Gasteiger partial charge on any atom is -0.439 e. The number of nitrogens with one attached hydrogen (secondary N) is 2. The molecule has 2 N–H and O–H groups in total. The van der Waals surface area contributed by atoms with Gasteiger partial charge in [0.05, 0.1) is 5.02 Å². The van der Waals surface area contributed by atoms with Gasteiger partial charge in [0.1, 0.15) is 5.75 Å². The second kappa shape index (κ2) is 10.6. The summed E-state index contributed by atoms with van der Waals surface area (Å²) in [5.74, 6) is 1.27. The number of halogens is 3. The minimum absolute atomic E-state index is 0. The van der Waals surface area contributed by atoms with Crippen LogP contribution in [0.2, 0.25) is 5.02 Å². The molecule has 3 rings (SSSR count). The minimum atomic E-state index is 0. The Labute approximate surface area is 170 Å². The first-order valence-corrected chi connectivity index (χ1v) is 8.41. The van der Waals surface area contributed by atoms with E-state index in [4.69, 9.17) is 16.3 Å². The number of carbonyl (C=O) groups excluding carboxylic acids is 1. The van der Waals surface area contributed by atoms with E-state index >= 15 is 0 Å². The molecule has 0 radical (unpaired) electrons. The third-order valence-electron chi connectivity index (χ3n) is 4.04. The molecule has 1 aliphatic rings. The number of hydrogen-bond donors (Lipinski definition) is 2. The topological polar surface area (TPSA) is 63.2 Å². The second-order valence-corrected chi connectivity index (χ2v) is 6.44. The van der Waals surface area contributed by atoms with E-state index in [-0.39, 0.29) is 36.6 Å². The highest BCUT2D eigenvalue weighted by Gasteiger charge is 2.24. The largest absolute Gasteiger partial charge is 0.439 e. The predicted molar refractivity (Wildman–Crippen MR) is 109 cm³/mol. The average molecular weight is 419 g/mol. The lowest BCUT2D eigenvalue weighted by molar-refractivity contribution is -0.120. The first-order chi connectivity index (χ1) is 11.6. The van der Waals surface area contributed by atoms with Crippen LogP contribution >= 0.6 is 36.4 Å². The molecule has 2 heterocycles. The smallest absolute Gasteiger partial charge is 0.227 e. The van der Waals surface area contributed by atoms with Gasteiger partial charge in [-0.2, -0.15) is 0 Å². The quantitative estimate of drug-likeness (QED) is 0.755. The molecule has 2 aromatic rings. The molecule has 0 saturated carbocycles. The van der Waals surface area contributed by atoms with Crippen molar-refractivity contribution in [2.24, 2.45) is 5.92 Å². The van der Waals surface area contributed by atoms with Gasteiger partial charge in [-0.1, -0.05) is 11.6 Å². The van der Waals surface area contributed by atoms with E-state index in [1.165, 1.54) is 6.20 Å². The summed E-state index contributed by atoms with van der Waals surface area (Å²) in [6.45, 7) is 3.00. The molecule has 1 amide bonds. The van der Waals surface area contributed by atoms with Crippen molar-refractivity contribution in [2.75, 3.05) is 11.9 Å². The van der Waals surface area contributed by atoms with E-state index in [2.05, 4.69) is 22.5 Å². The van der Waals surface area contributed by atoms with Crippen LogP contribution in [-0.4, -0.2) is 23.5 Å². The molecule has 142 valence electrons. The number of piperidine rings is 1. The molecule has 1 aromatic heterocycles. The standard InChI is InChI=1S/C18H20ClN3O2.2ClH/c1-12-10-13(8-9-20-12)18(23)22-15-3-5-16(6-4-15)24-17-7-2-14(19)11-21-17;;/h2-7,11-13,20H,8-10H2,1H3,(H,22,23);2*1H/t12-,13-;;/m0../s1. The van der Waals surface area contributed by atoms with Gasteiger partial charge < -0.3 is 15.4 Å². The number of pyridine rings is 1. The van der Waals surface area contributed by atoms with Crippen LogP contribution in [0.1, 0.15) is 19.8 Å². The Bertz CT molecular complexity index is 696. The third kappa shape index (κ3) is 6.32. The van der Waals surface area contributed by atoms with Gasteiger partial charge in [0.25, 0.3) is 0 Å². The molecular weight excluding hydrogens is 397 g/mol. The Morgan fingerprint density at radius 3 is 2.58 bits per heavy atom. The number of amides is 1. The lowest BCUT2D eigenvalue weighted by Gasteiger charge is -2.27. The lowest BCUT2D eigenvalue weighted by Crippen LogP contribution is -2.40. The van der Waals surface area contributed by atoms with Crippen LogP contribution in [0.15, 0.2) is 42.6 Å². The normalized spacial score (nSPS) is 18.8. The summed E-state index contributed by atoms with van der Waals surface area (Å²) in [5.41, 5.74) is 0.766. The maximum atomic E-state index is 12.3. The fraction of sp³-hybridized carbons (Fsp3) is 0.333. The number of anilines is 1. The van der Waals surface area contributed by atoms with E-state index in [0.29, 0.717) is 22.7 Å². The number of ether oxygens (including phenoxy) is 1. The molecule has 0 aliphatic carbocycles. The first kappa shape index (κ1) is 22.5. The summed E-state index contributed by atoms with van der Waals surface area (Å²) in [6.07, 6.45) is 3.28. The van der Waals surface area contributed by atoms with Crippen LogP contribution in [0.3, 0.4) is 0 Å². The number of rotatable bonds is 4.